The largest absolute Gasteiger partial charge is 0.426 e. The third-order valence-electron chi connectivity index (χ3n) is 9.22. The number of hydrogen-bond acceptors (Lipinski definition) is 7. The van der Waals surface area contributed by atoms with E-state index in [0.717, 1.165) is 24.0 Å². The number of thioether (sulfide) groups is 2. The van der Waals surface area contributed by atoms with Crippen molar-refractivity contribution in [2.75, 3.05) is 0 Å². The first-order valence-corrected chi connectivity index (χ1v) is 18.3. The Morgan fingerprint density at radius 1 is 0.841 bits per heavy atom. The Labute approximate surface area is 277 Å². The van der Waals surface area contributed by atoms with Crippen LogP contribution in [-0.4, -0.2) is 44.0 Å². The van der Waals surface area contributed by atoms with Crippen LogP contribution in [0.1, 0.15) is 140 Å². The van der Waals surface area contributed by atoms with Gasteiger partial charge < -0.3 is 19.7 Å². The summed E-state index contributed by atoms with van der Waals surface area (Å²) in [6.45, 7) is 31.4. The second-order valence-electron chi connectivity index (χ2n) is 17.9. The van der Waals surface area contributed by atoms with Gasteiger partial charge in [0.1, 0.15) is 11.9 Å². The average molecular weight is 651 g/mol. The maximum absolute atomic E-state index is 13.1. The number of aliphatic hydroxyl groups excluding tert-OH is 2. The molecule has 0 radical (unpaired) electrons. The molecule has 1 aliphatic carbocycles. The van der Waals surface area contributed by atoms with Crippen LogP contribution in [0, 0.1) is 22.7 Å². The van der Waals surface area contributed by atoms with Gasteiger partial charge >= 0.3 is 5.97 Å². The molecule has 0 aromatic heterocycles. The Hall–Kier alpha value is -0.730. The SMILES string of the molecule is CC(C)(Sc1cc(C(C)(C)C)c(OC(=O)CCCC2OC2O)c(C(C)(C)C)c1)SC1CC(C(C)(C)C)C(O)C(C(C)(C)C)C1. The van der Waals surface area contributed by atoms with Gasteiger partial charge in [0.05, 0.1) is 10.2 Å². The van der Waals surface area contributed by atoms with Crippen LogP contribution in [0.4, 0.5) is 0 Å². The molecule has 4 unspecified atom stereocenters. The number of aliphatic hydroxyl groups is 2. The normalized spacial score (nSPS) is 26.9. The van der Waals surface area contributed by atoms with Crippen molar-refractivity contribution in [3.8, 4) is 5.75 Å². The van der Waals surface area contributed by atoms with Gasteiger partial charge in [-0.25, -0.2) is 0 Å². The zero-order valence-corrected chi connectivity index (χ0v) is 31.7. The number of hydrogen-bond donors (Lipinski definition) is 2. The highest BCUT2D eigenvalue weighted by molar-refractivity contribution is 8.18. The van der Waals surface area contributed by atoms with Crippen LogP contribution in [-0.2, 0) is 20.4 Å². The molecule has 2 fully saturated rings. The lowest BCUT2D eigenvalue weighted by Crippen LogP contribution is -2.48. The van der Waals surface area contributed by atoms with Crippen molar-refractivity contribution < 1.29 is 24.5 Å². The number of benzene rings is 1. The van der Waals surface area contributed by atoms with E-state index in [2.05, 4.69) is 121 Å². The summed E-state index contributed by atoms with van der Waals surface area (Å²) in [6.07, 6.45) is 2.51. The van der Waals surface area contributed by atoms with Gasteiger partial charge in [0.15, 0.2) is 6.29 Å². The Kier molecular flexibility index (Phi) is 11.5. The summed E-state index contributed by atoms with van der Waals surface area (Å²) in [4.78, 5) is 14.2. The molecule has 0 spiro atoms. The highest BCUT2D eigenvalue weighted by Crippen LogP contribution is 2.54. The molecule has 7 heteroatoms. The van der Waals surface area contributed by atoms with Gasteiger partial charge in [0.25, 0.3) is 0 Å². The molecular weight excluding hydrogens is 589 g/mol. The molecule has 2 aliphatic rings. The fourth-order valence-corrected chi connectivity index (χ4v) is 9.82. The molecule has 4 atom stereocenters. The first kappa shape index (κ1) is 37.7. The highest BCUT2D eigenvalue weighted by Gasteiger charge is 2.47. The lowest BCUT2D eigenvalue weighted by atomic mass is 9.61. The van der Waals surface area contributed by atoms with E-state index >= 15 is 0 Å². The Balaban J connectivity index is 1.88. The maximum atomic E-state index is 13.1. The van der Waals surface area contributed by atoms with E-state index in [0.29, 0.717) is 30.3 Å². The summed E-state index contributed by atoms with van der Waals surface area (Å²) in [5.41, 5.74) is 1.72. The van der Waals surface area contributed by atoms with E-state index in [9.17, 15) is 15.0 Å². The van der Waals surface area contributed by atoms with E-state index in [1.54, 1.807) is 0 Å². The molecule has 2 N–H and O–H groups in total. The average Bonchev–Trinajstić information content (AvgIpc) is 3.52. The maximum Gasteiger partial charge on any atom is 0.311 e. The fourth-order valence-electron chi connectivity index (χ4n) is 6.60. The van der Waals surface area contributed by atoms with Crippen molar-refractivity contribution in [3.05, 3.63) is 23.3 Å². The van der Waals surface area contributed by atoms with E-state index in [-0.39, 0.29) is 55.8 Å². The predicted molar refractivity (Wildman–Crippen MR) is 187 cm³/mol. The zero-order chi connectivity index (χ0) is 33.6. The lowest BCUT2D eigenvalue weighted by Gasteiger charge is -2.50. The standard InChI is InChI=1S/C37H62O5S2/c1-33(2,3)24-18-22(19-25(30(24)39)34(4,5)6)43-37(13,14)44-23-20-26(35(7,8)9)31(27(21-23)36(10,11)12)42-29(38)17-15-16-28-32(40)41-28/h20-22,24-25,28,30,32,39-40H,15-19H2,1-14H3. The van der Waals surface area contributed by atoms with Crippen molar-refractivity contribution >= 4 is 29.5 Å². The van der Waals surface area contributed by atoms with E-state index in [1.807, 2.05) is 11.8 Å². The predicted octanol–water partition coefficient (Wildman–Crippen LogP) is 9.48. The van der Waals surface area contributed by atoms with Crippen molar-refractivity contribution in [2.45, 2.75) is 173 Å². The zero-order valence-electron chi connectivity index (χ0n) is 30.1. The lowest BCUT2D eigenvalue weighted by molar-refractivity contribution is -0.134. The Bertz CT molecular complexity index is 1090. The molecule has 1 saturated heterocycles. The van der Waals surface area contributed by atoms with Gasteiger partial charge in [-0.3, -0.25) is 4.79 Å². The molecule has 1 aromatic rings. The molecular formula is C37H62O5S2. The molecule has 5 nitrogen and oxygen atoms in total. The molecule has 252 valence electrons. The van der Waals surface area contributed by atoms with E-state index in [4.69, 9.17) is 9.47 Å². The molecule has 1 aliphatic heterocycles. The molecule has 44 heavy (non-hydrogen) atoms. The van der Waals surface area contributed by atoms with Crippen molar-refractivity contribution in [1.82, 2.24) is 0 Å². The number of rotatable bonds is 9. The molecule has 1 saturated carbocycles. The minimum atomic E-state index is -0.678. The number of ether oxygens (including phenoxy) is 2. The first-order chi connectivity index (χ1) is 19.8. The number of carbonyl (C=O) groups is 1. The molecule has 3 rings (SSSR count). The smallest absolute Gasteiger partial charge is 0.311 e. The summed E-state index contributed by atoms with van der Waals surface area (Å²) >= 11 is 3.95. The topological polar surface area (TPSA) is 79.3 Å². The van der Waals surface area contributed by atoms with Crippen molar-refractivity contribution in [1.29, 1.82) is 0 Å². The Morgan fingerprint density at radius 3 is 1.68 bits per heavy atom. The van der Waals surface area contributed by atoms with Crippen molar-refractivity contribution in [3.63, 3.8) is 0 Å². The van der Waals surface area contributed by atoms with Gasteiger partial charge in [0, 0.05) is 27.7 Å². The summed E-state index contributed by atoms with van der Waals surface area (Å²) in [5, 5.41) is 21.4. The molecule has 0 amide bonds. The summed E-state index contributed by atoms with van der Waals surface area (Å²) in [5.74, 6) is 0.965. The minimum absolute atomic E-state index is 0.0445. The fraction of sp³-hybridized carbons (Fsp3) is 0.811. The monoisotopic (exact) mass is 650 g/mol. The van der Waals surface area contributed by atoms with Gasteiger partial charge in [-0.1, -0.05) is 83.1 Å². The van der Waals surface area contributed by atoms with Gasteiger partial charge in [0.2, 0.25) is 0 Å². The first-order valence-electron chi connectivity index (χ1n) is 16.6. The second-order valence-corrected chi connectivity index (χ2v) is 21.8. The van der Waals surface area contributed by atoms with Gasteiger partial charge in [-0.2, -0.15) is 0 Å². The van der Waals surface area contributed by atoms with E-state index < -0.39 is 6.29 Å². The number of epoxide rings is 1. The van der Waals surface area contributed by atoms with Crippen LogP contribution in [0.2, 0.25) is 0 Å². The van der Waals surface area contributed by atoms with Crippen LogP contribution < -0.4 is 4.74 Å². The van der Waals surface area contributed by atoms with Crippen molar-refractivity contribution in [2.24, 2.45) is 22.7 Å². The summed E-state index contributed by atoms with van der Waals surface area (Å²) < 4.78 is 11.2. The summed E-state index contributed by atoms with van der Waals surface area (Å²) in [7, 11) is 0. The Morgan fingerprint density at radius 2 is 1.30 bits per heavy atom. The molecule has 0 bridgehead atoms. The highest BCUT2D eigenvalue weighted by atomic mass is 32.2. The van der Waals surface area contributed by atoms with Crippen LogP contribution in [0.3, 0.4) is 0 Å². The minimum Gasteiger partial charge on any atom is -0.426 e. The third-order valence-corrected chi connectivity index (χ3v) is 12.0. The molecule has 1 heterocycles. The second kappa shape index (κ2) is 13.4. The van der Waals surface area contributed by atoms with Crippen LogP contribution >= 0.6 is 23.5 Å². The van der Waals surface area contributed by atoms with Crippen LogP contribution in [0.25, 0.3) is 0 Å². The quantitative estimate of drug-likeness (QED) is 0.0906. The van der Waals surface area contributed by atoms with Gasteiger partial charge in [-0.15, -0.1) is 23.5 Å². The van der Waals surface area contributed by atoms with Crippen LogP contribution in [0.15, 0.2) is 17.0 Å². The number of esters is 1. The molecule has 1 aromatic carbocycles. The summed E-state index contributed by atoms with van der Waals surface area (Å²) in [6, 6.07) is 4.47. The van der Waals surface area contributed by atoms with E-state index in [1.165, 1.54) is 4.90 Å². The third kappa shape index (κ3) is 10.1. The van der Waals surface area contributed by atoms with Crippen LogP contribution in [0.5, 0.6) is 5.75 Å². The van der Waals surface area contributed by atoms with Gasteiger partial charge in [-0.05, 0) is 85.2 Å². The number of carbonyl (C=O) groups excluding carboxylic acids is 1.